The molecule has 0 spiro atoms. The monoisotopic (exact) mass is 666 g/mol. The van der Waals surface area contributed by atoms with Crippen LogP contribution in [0.25, 0.3) is 44.3 Å². The number of hydrogen-bond donors (Lipinski definition) is 0. The fourth-order valence-corrected chi connectivity index (χ4v) is 6.05. The number of fused-ring (bicyclic) bond motifs is 2. The number of benzene rings is 4. The zero-order valence-electron chi connectivity index (χ0n) is 27.1. The molecule has 246 valence electrons. The number of rotatable bonds is 14. The summed E-state index contributed by atoms with van der Waals surface area (Å²) in [6.07, 6.45) is 4.26. The Morgan fingerprint density at radius 1 is 0.521 bits per heavy atom. The smallest absolute Gasteiger partial charge is 0.319 e. The van der Waals surface area contributed by atoms with Crippen LogP contribution in [0.4, 0.5) is 0 Å². The highest BCUT2D eigenvalue weighted by atomic mass is 31.1. The van der Waals surface area contributed by atoms with Gasteiger partial charge in [0.2, 0.25) is 0 Å². The fraction of sp³-hybridized carbons (Fsp3) is 0.222. The Labute approximate surface area is 278 Å². The van der Waals surface area contributed by atoms with Crippen LogP contribution >= 0.6 is 8.25 Å². The van der Waals surface area contributed by atoms with Crippen LogP contribution in [0.15, 0.2) is 85.5 Å². The Balaban J connectivity index is 0.993. The molecule has 48 heavy (non-hydrogen) atoms. The van der Waals surface area contributed by atoms with Gasteiger partial charge in [-0.1, -0.05) is 48.5 Å². The second-order valence-corrected chi connectivity index (χ2v) is 11.8. The molecule has 0 radical (unpaired) electrons. The van der Waals surface area contributed by atoms with E-state index in [9.17, 15) is 4.57 Å². The summed E-state index contributed by atoms with van der Waals surface area (Å²) in [5.74, 6) is 2.45. The van der Waals surface area contributed by atoms with Crippen molar-refractivity contribution in [3.05, 3.63) is 96.6 Å². The van der Waals surface area contributed by atoms with Gasteiger partial charge in [-0.2, -0.15) is 0 Å². The maximum absolute atomic E-state index is 12.4. The average molecular weight is 667 g/mol. The van der Waals surface area contributed by atoms with Gasteiger partial charge in [-0.3, -0.25) is 4.57 Å². The lowest BCUT2D eigenvalue weighted by molar-refractivity contribution is 0.229. The van der Waals surface area contributed by atoms with Crippen LogP contribution in [0.1, 0.15) is 11.1 Å². The molecule has 0 atom stereocenters. The van der Waals surface area contributed by atoms with Gasteiger partial charge in [0.15, 0.2) is 23.0 Å². The molecule has 12 heteroatoms. The molecule has 2 heterocycles. The average Bonchev–Trinajstić information content (AvgIpc) is 3.13. The van der Waals surface area contributed by atoms with Gasteiger partial charge in [0.1, 0.15) is 12.7 Å². The largest absolute Gasteiger partial charge is 0.493 e. The summed E-state index contributed by atoms with van der Waals surface area (Å²) in [6.45, 7) is 0.561. The van der Waals surface area contributed by atoms with Crippen molar-refractivity contribution in [1.82, 2.24) is 19.9 Å². The third-order valence-corrected chi connectivity index (χ3v) is 8.84. The highest BCUT2D eigenvalue weighted by Crippen LogP contribution is 2.36. The van der Waals surface area contributed by atoms with Crippen LogP contribution in [0.3, 0.4) is 0 Å². The molecule has 0 aliphatic rings. The molecule has 0 aliphatic carbocycles. The van der Waals surface area contributed by atoms with Gasteiger partial charge in [0, 0.05) is 34.0 Å². The summed E-state index contributed by atoms with van der Waals surface area (Å²) >= 11 is 0. The molecule has 11 nitrogen and oxygen atoms in total. The van der Waals surface area contributed by atoms with Crippen LogP contribution in [0.2, 0.25) is 0 Å². The van der Waals surface area contributed by atoms with Crippen molar-refractivity contribution in [2.45, 2.75) is 12.8 Å². The summed E-state index contributed by atoms with van der Waals surface area (Å²) in [6, 6.07) is 23.5. The topological polar surface area (TPSA) is 124 Å². The van der Waals surface area contributed by atoms with Crippen molar-refractivity contribution in [3.63, 3.8) is 0 Å². The van der Waals surface area contributed by atoms with E-state index in [0.717, 1.165) is 55.4 Å². The molecule has 0 N–H and O–H groups in total. The van der Waals surface area contributed by atoms with E-state index in [1.54, 1.807) is 28.4 Å². The predicted molar refractivity (Wildman–Crippen MR) is 184 cm³/mol. The van der Waals surface area contributed by atoms with E-state index in [1.807, 2.05) is 72.8 Å². The minimum absolute atomic E-state index is 0.281. The van der Waals surface area contributed by atoms with E-state index in [2.05, 4.69) is 19.9 Å². The highest BCUT2D eigenvalue weighted by Gasteiger charge is 2.14. The molecule has 4 aromatic carbocycles. The molecular weight excluding hydrogens is 631 g/mol. The normalized spacial score (nSPS) is 11.3. The standard InChI is InChI=1S/C36H35N4O7P/c1-42-31-17-27-29(19-33(31)44-3)37-21-39-35(27)25-9-5-23(6-10-25)13-15-46-48(41)47-16-14-24-7-11-26(12-8-24)36-28-18-32(43-2)34(45-4)20-30(28)38-22-40-36/h5-12,17-22,48H,13-16H2,1-4H3. The third-order valence-electron chi connectivity index (χ3n) is 7.96. The van der Waals surface area contributed by atoms with Gasteiger partial charge in [-0.15, -0.1) is 0 Å². The quantitative estimate of drug-likeness (QED) is 0.110. The maximum atomic E-state index is 12.4. The SMILES string of the molecule is COc1cc2ncnc(-c3ccc(CCO[PH](=O)OCCc4ccc(-c5ncnc6cc(OC)c(OC)cc56)cc4)cc3)c2cc1OC. The molecule has 0 unspecified atom stereocenters. The first-order chi connectivity index (χ1) is 23.5. The second kappa shape index (κ2) is 15.2. The molecule has 0 fully saturated rings. The van der Waals surface area contributed by atoms with Crippen molar-refractivity contribution < 1.29 is 32.6 Å². The second-order valence-electron chi connectivity index (χ2n) is 10.7. The van der Waals surface area contributed by atoms with Gasteiger partial charge >= 0.3 is 8.25 Å². The Kier molecular flexibility index (Phi) is 10.4. The van der Waals surface area contributed by atoms with Crippen molar-refractivity contribution in [2.75, 3.05) is 41.7 Å². The van der Waals surface area contributed by atoms with Crippen LogP contribution < -0.4 is 18.9 Å². The van der Waals surface area contributed by atoms with E-state index >= 15 is 0 Å². The van der Waals surface area contributed by atoms with E-state index in [1.165, 1.54) is 12.7 Å². The molecule has 2 aromatic heterocycles. The first-order valence-electron chi connectivity index (χ1n) is 15.2. The molecule has 0 saturated carbocycles. The lowest BCUT2D eigenvalue weighted by Crippen LogP contribution is -1.98. The van der Waals surface area contributed by atoms with Crippen LogP contribution in [0, 0.1) is 0 Å². The highest BCUT2D eigenvalue weighted by molar-refractivity contribution is 7.33. The number of nitrogens with zero attached hydrogens (tertiary/aromatic N) is 4. The minimum Gasteiger partial charge on any atom is -0.493 e. The van der Waals surface area contributed by atoms with Crippen LogP contribution in [-0.2, 0) is 26.5 Å². The van der Waals surface area contributed by atoms with Gasteiger partial charge in [0.05, 0.1) is 64.1 Å². The molecule has 0 saturated heterocycles. The summed E-state index contributed by atoms with van der Waals surface area (Å²) in [5.41, 5.74) is 7.07. The zero-order valence-corrected chi connectivity index (χ0v) is 28.1. The molecular formula is C36H35N4O7P. The summed E-state index contributed by atoms with van der Waals surface area (Å²) in [7, 11) is 3.76. The first kappa shape index (κ1) is 32.8. The van der Waals surface area contributed by atoms with E-state index in [4.69, 9.17) is 28.0 Å². The Morgan fingerprint density at radius 2 is 0.896 bits per heavy atom. The molecule has 0 bridgehead atoms. The van der Waals surface area contributed by atoms with Crippen molar-refractivity contribution in [2.24, 2.45) is 0 Å². The number of methoxy groups -OCH3 is 4. The third kappa shape index (κ3) is 7.23. The Hall–Kier alpha value is -5.09. The van der Waals surface area contributed by atoms with Crippen LogP contribution in [0.5, 0.6) is 23.0 Å². The van der Waals surface area contributed by atoms with Crippen LogP contribution in [-0.4, -0.2) is 61.6 Å². The molecule has 6 aromatic rings. The number of aromatic nitrogens is 4. The van der Waals surface area contributed by atoms with E-state index in [0.29, 0.717) is 35.8 Å². The Morgan fingerprint density at radius 3 is 1.27 bits per heavy atom. The summed E-state index contributed by atoms with van der Waals surface area (Å²) < 4.78 is 45.2. The number of hydrogen-bond acceptors (Lipinski definition) is 11. The fourth-order valence-electron chi connectivity index (χ4n) is 5.43. The first-order valence-corrected chi connectivity index (χ1v) is 16.5. The van der Waals surface area contributed by atoms with Crippen molar-refractivity contribution >= 4 is 30.1 Å². The summed E-state index contributed by atoms with van der Waals surface area (Å²) in [5, 5.41) is 1.72. The van der Waals surface area contributed by atoms with E-state index in [-0.39, 0.29) is 13.2 Å². The predicted octanol–water partition coefficient (Wildman–Crippen LogP) is 7.15. The molecule has 6 rings (SSSR count). The van der Waals surface area contributed by atoms with Crippen molar-refractivity contribution in [3.8, 4) is 45.5 Å². The van der Waals surface area contributed by atoms with E-state index < -0.39 is 8.25 Å². The molecule has 0 aliphatic heterocycles. The van der Waals surface area contributed by atoms with Crippen molar-refractivity contribution in [1.29, 1.82) is 0 Å². The molecule has 0 amide bonds. The van der Waals surface area contributed by atoms with Gasteiger partial charge in [0.25, 0.3) is 0 Å². The summed E-state index contributed by atoms with van der Waals surface area (Å²) in [4.78, 5) is 17.8. The number of ether oxygens (including phenoxy) is 4. The zero-order chi connectivity index (χ0) is 33.5. The van der Waals surface area contributed by atoms with Gasteiger partial charge in [-0.05, 0) is 36.1 Å². The van der Waals surface area contributed by atoms with Gasteiger partial charge < -0.3 is 28.0 Å². The lowest BCUT2D eigenvalue weighted by Gasteiger charge is -2.11. The Bertz CT molecular complexity index is 1910. The maximum Gasteiger partial charge on any atom is 0.319 e. The van der Waals surface area contributed by atoms with Gasteiger partial charge in [-0.25, -0.2) is 19.9 Å². The minimum atomic E-state index is -2.63. The lowest BCUT2D eigenvalue weighted by atomic mass is 10.0.